The molecule has 3 heterocycles. The van der Waals surface area contributed by atoms with Gasteiger partial charge in [0.1, 0.15) is 0 Å². The van der Waals surface area contributed by atoms with Gasteiger partial charge in [0.2, 0.25) is 9.97 Å². The van der Waals surface area contributed by atoms with E-state index in [0.29, 0.717) is 22.3 Å². The van der Waals surface area contributed by atoms with Gasteiger partial charge in [0.15, 0.2) is 9.84 Å². The molecule has 8 nitrogen and oxygen atoms in total. The van der Waals surface area contributed by atoms with Gasteiger partial charge in [0, 0.05) is 12.6 Å². The van der Waals surface area contributed by atoms with Crippen molar-refractivity contribution >= 4 is 32.0 Å². The Kier molecular flexibility index (Phi) is 4.02. The third kappa shape index (κ3) is 2.97. The third-order valence-electron chi connectivity index (χ3n) is 3.68. The lowest BCUT2D eigenvalue weighted by Gasteiger charge is -2.25. The van der Waals surface area contributed by atoms with Crippen LogP contribution in [0.25, 0.3) is 4.96 Å². The predicted molar refractivity (Wildman–Crippen MR) is 77.4 cm³/mol. The van der Waals surface area contributed by atoms with E-state index in [-0.39, 0.29) is 28.0 Å². The van der Waals surface area contributed by atoms with Crippen molar-refractivity contribution in [1.29, 1.82) is 0 Å². The van der Waals surface area contributed by atoms with Crippen LogP contribution in [0, 0.1) is 0 Å². The Morgan fingerprint density at radius 1 is 1.42 bits per heavy atom. The number of hydrogen-bond acceptors (Lipinski definition) is 7. The van der Waals surface area contributed by atoms with Crippen LogP contribution in [-0.2, 0) is 16.0 Å². The molecule has 13 heteroatoms. The van der Waals surface area contributed by atoms with Crippen LogP contribution < -0.4 is 0 Å². The zero-order valence-electron chi connectivity index (χ0n) is 12.3. The third-order valence-corrected chi connectivity index (χ3v) is 6.32. The number of carbonyl (C=O) groups excluding carboxylic acids is 1. The summed E-state index contributed by atoms with van der Waals surface area (Å²) in [5, 5.41) is 9.88. The number of fused-ring (bicyclic) bond motifs is 1. The summed E-state index contributed by atoms with van der Waals surface area (Å²) in [4.78, 5) is 13.7. The van der Waals surface area contributed by atoms with E-state index < -0.39 is 33.8 Å². The van der Waals surface area contributed by atoms with Gasteiger partial charge in [-0.15, -0.1) is 15.3 Å². The summed E-state index contributed by atoms with van der Waals surface area (Å²) in [6.07, 6.45) is -4.43. The minimum absolute atomic E-state index is 0.00915. The van der Waals surface area contributed by atoms with Gasteiger partial charge in [-0.05, 0) is 13.3 Å². The molecule has 1 aliphatic heterocycles. The van der Waals surface area contributed by atoms with Crippen molar-refractivity contribution in [1.82, 2.24) is 24.7 Å². The summed E-state index contributed by atoms with van der Waals surface area (Å²) in [6.45, 7) is 1.90. The highest BCUT2D eigenvalue weighted by atomic mass is 32.2. The lowest BCUT2D eigenvalue weighted by molar-refractivity contribution is -0.146. The number of hydrogen-bond donors (Lipinski definition) is 0. The summed E-state index contributed by atoms with van der Waals surface area (Å²) >= 11 is 0.682. The maximum atomic E-state index is 12.8. The van der Waals surface area contributed by atoms with Gasteiger partial charge in [-0.2, -0.15) is 17.7 Å². The second-order valence-electron chi connectivity index (χ2n) is 5.27. The second kappa shape index (κ2) is 5.65. The molecule has 0 radical (unpaired) electrons. The zero-order chi connectivity index (χ0) is 17.7. The van der Waals surface area contributed by atoms with Gasteiger partial charge in [-0.25, -0.2) is 8.42 Å². The summed E-state index contributed by atoms with van der Waals surface area (Å²) < 4.78 is 62.0. The average molecular weight is 383 g/mol. The van der Waals surface area contributed by atoms with E-state index in [0.717, 1.165) is 0 Å². The first-order valence-corrected chi connectivity index (χ1v) is 9.57. The number of amides is 1. The number of nitrogens with zero attached hydrogens (tertiary/aromatic N) is 5. The maximum absolute atomic E-state index is 12.8. The summed E-state index contributed by atoms with van der Waals surface area (Å²) in [6, 6.07) is -0.496. The van der Waals surface area contributed by atoms with E-state index in [1.54, 1.807) is 6.92 Å². The van der Waals surface area contributed by atoms with E-state index in [4.69, 9.17) is 0 Å². The Bertz CT molecular complexity index is 888. The maximum Gasteiger partial charge on any atom is 0.453 e. The van der Waals surface area contributed by atoms with Crippen molar-refractivity contribution in [2.24, 2.45) is 0 Å². The Balaban J connectivity index is 1.91. The first-order chi connectivity index (χ1) is 11.1. The lowest BCUT2D eigenvalue weighted by Crippen LogP contribution is -2.41. The van der Waals surface area contributed by atoms with Gasteiger partial charge in [0.25, 0.3) is 11.7 Å². The Labute approximate surface area is 138 Å². The summed E-state index contributed by atoms with van der Waals surface area (Å²) in [7, 11) is -3.19. The molecule has 1 amide bonds. The first-order valence-electron chi connectivity index (χ1n) is 6.93. The number of carbonyl (C=O) groups is 1. The highest BCUT2D eigenvalue weighted by Gasteiger charge is 2.39. The Morgan fingerprint density at radius 3 is 2.67 bits per heavy atom. The average Bonchev–Trinajstić information content (AvgIpc) is 3.11. The van der Waals surface area contributed by atoms with Crippen molar-refractivity contribution in [2.75, 3.05) is 18.1 Å². The molecule has 24 heavy (non-hydrogen) atoms. The minimum Gasteiger partial charge on any atom is -0.333 e. The number of rotatable bonds is 3. The highest BCUT2D eigenvalue weighted by Crippen LogP contribution is 2.29. The van der Waals surface area contributed by atoms with Crippen molar-refractivity contribution < 1.29 is 26.4 Å². The van der Waals surface area contributed by atoms with Gasteiger partial charge in [-0.3, -0.25) is 4.79 Å². The quantitative estimate of drug-likeness (QED) is 0.780. The van der Waals surface area contributed by atoms with Gasteiger partial charge in [-0.1, -0.05) is 11.3 Å². The standard InChI is InChI=1S/C11H12F3N5O3S2/c1-2-18(6-3-4-24(21,22)5-6)8(20)7-17-19-9(11(12,13)14)15-16-10(19)23-7/h6H,2-5H2,1H3. The first kappa shape index (κ1) is 17.1. The fourth-order valence-corrected chi connectivity index (χ4v) is 5.12. The zero-order valence-corrected chi connectivity index (χ0v) is 13.9. The van der Waals surface area contributed by atoms with Gasteiger partial charge < -0.3 is 4.90 Å². The molecule has 1 unspecified atom stereocenters. The smallest absolute Gasteiger partial charge is 0.333 e. The van der Waals surface area contributed by atoms with E-state index in [1.807, 2.05) is 0 Å². The monoisotopic (exact) mass is 383 g/mol. The van der Waals surface area contributed by atoms with Crippen molar-refractivity contribution in [3.05, 3.63) is 10.8 Å². The van der Waals surface area contributed by atoms with E-state index in [9.17, 15) is 26.4 Å². The molecule has 2 aromatic rings. The molecule has 0 aliphatic carbocycles. The normalized spacial score (nSPS) is 20.6. The summed E-state index contributed by atoms with van der Waals surface area (Å²) in [5.41, 5.74) is 0. The largest absolute Gasteiger partial charge is 0.453 e. The van der Waals surface area contributed by atoms with E-state index >= 15 is 0 Å². The van der Waals surface area contributed by atoms with Crippen LogP contribution in [0.1, 0.15) is 29.0 Å². The van der Waals surface area contributed by atoms with Crippen LogP contribution in [-0.4, -0.2) is 63.1 Å². The molecule has 0 bridgehead atoms. The molecule has 0 N–H and O–H groups in total. The molecule has 0 saturated carbocycles. The van der Waals surface area contributed by atoms with E-state index in [1.165, 1.54) is 4.90 Å². The van der Waals surface area contributed by atoms with Crippen LogP contribution in [0.15, 0.2) is 0 Å². The van der Waals surface area contributed by atoms with Crippen molar-refractivity contribution in [2.45, 2.75) is 25.6 Å². The van der Waals surface area contributed by atoms with Crippen LogP contribution >= 0.6 is 11.3 Å². The van der Waals surface area contributed by atoms with Crippen molar-refractivity contribution in [3.63, 3.8) is 0 Å². The minimum atomic E-state index is -4.74. The molecular formula is C11H12F3N5O3S2. The highest BCUT2D eigenvalue weighted by molar-refractivity contribution is 7.91. The molecule has 3 rings (SSSR count). The molecule has 1 aliphatic rings. The van der Waals surface area contributed by atoms with Gasteiger partial charge in [0.05, 0.1) is 11.5 Å². The fourth-order valence-electron chi connectivity index (χ4n) is 2.59. The fraction of sp³-hybridized carbons (Fsp3) is 0.636. The van der Waals surface area contributed by atoms with Crippen molar-refractivity contribution in [3.8, 4) is 0 Å². The SMILES string of the molecule is CCN(C(=O)c1nn2c(C(F)(F)F)nnc2s1)C1CCS(=O)(=O)C1. The van der Waals surface area contributed by atoms with Gasteiger partial charge >= 0.3 is 6.18 Å². The number of alkyl halides is 3. The molecule has 1 atom stereocenters. The number of sulfone groups is 1. The van der Waals surface area contributed by atoms with Crippen LogP contribution in [0.2, 0.25) is 0 Å². The topological polar surface area (TPSA) is 97.5 Å². The molecule has 2 aromatic heterocycles. The van der Waals surface area contributed by atoms with E-state index in [2.05, 4.69) is 15.3 Å². The van der Waals surface area contributed by atoms with Crippen LogP contribution in [0.4, 0.5) is 13.2 Å². The summed E-state index contributed by atoms with van der Waals surface area (Å²) in [5.74, 6) is -2.07. The molecule has 1 saturated heterocycles. The van der Waals surface area contributed by atoms with Crippen LogP contribution in [0.3, 0.4) is 0 Å². The Hall–Kier alpha value is -1.76. The molecular weight excluding hydrogens is 371 g/mol. The Morgan fingerprint density at radius 2 is 2.12 bits per heavy atom. The molecule has 1 fully saturated rings. The predicted octanol–water partition coefficient (Wildman–Crippen LogP) is 0.854. The lowest BCUT2D eigenvalue weighted by atomic mass is 10.2. The molecule has 0 aromatic carbocycles. The number of halogens is 3. The second-order valence-corrected chi connectivity index (χ2v) is 8.46. The van der Waals surface area contributed by atoms with Crippen LogP contribution in [0.5, 0.6) is 0 Å². The molecule has 132 valence electrons. The molecule has 0 spiro atoms. The number of aromatic nitrogens is 4.